The van der Waals surface area contributed by atoms with Gasteiger partial charge < -0.3 is 29.3 Å². The molecule has 22 heavy (non-hydrogen) atoms. The molecular weight excluding hydrogens is 346 g/mol. The van der Waals surface area contributed by atoms with Gasteiger partial charge in [-0.15, -0.1) is 0 Å². The van der Waals surface area contributed by atoms with Crippen LogP contribution in [-0.4, -0.2) is 33.5 Å². The SMILES string of the molecule is [Br-].[C-]#CC(C)(C)N(Cc1ccccc1)Cc1ccccc1.[Mg+2]. The van der Waals surface area contributed by atoms with Crippen LogP contribution in [-0.2, 0) is 13.1 Å². The molecule has 2 aromatic carbocycles. The molecule has 0 aliphatic rings. The van der Waals surface area contributed by atoms with Gasteiger partial charge >= 0.3 is 23.1 Å². The van der Waals surface area contributed by atoms with Crippen LogP contribution in [0.2, 0.25) is 0 Å². The van der Waals surface area contributed by atoms with Crippen molar-refractivity contribution in [3.05, 3.63) is 78.2 Å². The topological polar surface area (TPSA) is 3.24 Å². The number of nitrogens with zero attached hydrogens (tertiary/aromatic N) is 1. The van der Waals surface area contributed by atoms with E-state index >= 15 is 0 Å². The molecule has 0 unspecified atom stereocenters. The van der Waals surface area contributed by atoms with Gasteiger partial charge in [0.1, 0.15) is 0 Å². The summed E-state index contributed by atoms with van der Waals surface area (Å²) in [5.74, 6) is 2.66. The minimum atomic E-state index is -0.383. The van der Waals surface area contributed by atoms with Crippen LogP contribution in [0, 0.1) is 12.3 Å². The van der Waals surface area contributed by atoms with Crippen molar-refractivity contribution in [2.75, 3.05) is 0 Å². The molecule has 0 fully saturated rings. The molecule has 0 aliphatic heterocycles. The molecule has 0 amide bonds. The Morgan fingerprint density at radius 3 is 1.55 bits per heavy atom. The molecule has 0 heterocycles. The fourth-order valence-electron chi connectivity index (χ4n) is 2.14. The first-order valence-electron chi connectivity index (χ1n) is 6.88. The first kappa shape index (κ1) is 21.2. The Bertz CT molecular complexity index is 534. The summed E-state index contributed by atoms with van der Waals surface area (Å²) in [4.78, 5) is 2.27. The molecule has 110 valence electrons. The summed E-state index contributed by atoms with van der Waals surface area (Å²) in [6, 6.07) is 20.8. The van der Waals surface area contributed by atoms with Gasteiger partial charge in [0.05, 0.1) is 0 Å². The van der Waals surface area contributed by atoms with E-state index in [4.69, 9.17) is 6.42 Å². The number of benzene rings is 2. The molecule has 0 aromatic heterocycles. The minimum absolute atomic E-state index is 0. The molecule has 1 nitrogen and oxygen atoms in total. The van der Waals surface area contributed by atoms with Gasteiger partial charge in [-0.05, 0) is 25.0 Å². The average Bonchev–Trinajstić information content (AvgIpc) is 2.49. The van der Waals surface area contributed by atoms with Crippen LogP contribution in [0.25, 0.3) is 0 Å². The van der Waals surface area contributed by atoms with Crippen molar-refractivity contribution in [1.29, 1.82) is 0 Å². The fourth-order valence-corrected chi connectivity index (χ4v) is 2.14. The van der Waals surface area contributed by atoms with E-state index in [0.29, 0.717) is 0 Å². The van der Waals surface area contributed by atoms with Gasteiger partial charge in [0.25, 0.3) is 0 Å². The predicted octanol–water partition coefficient (Wildman–Crippen LogP) is 0.680. The zero-order chi connectivity index (χ0) is 14.4. The van der Waals surface area contributed by atoms with E-state index in [1.807, 2.05) is 26.0 Å². The van der Waals surface area contributed by atoms with E-state index in [2.05, 4.69) is 59.4 Å². The van der Waals surface area contributed by atoms with E-state index < -0.39 is 0 Å². The van der Waals surface area contributed by atoms with Gasteiger partial charge in [-0.3, -0.25) is 4.90 Å². The maximum absolute atomic E-state index is 7.58. The van der Waals surface area contributed by atoms with Crippen molar-refractivity contribution >= 4 is 23.1 Å². The first-order valence-corrected chi connectivity index (χ1v) is 6.88. The quantitative estimate of drug-likeness (QED) is 0.427. The molecule has 0 spiro atoms. The normalized spacial score (nSPS) is 10.3. The molecule has 0 aliphatic carbocycles. The van der Waals surface area contributed by atoms with Crippen LogP contribution < -0.4 is 17.0 Å². The Morgan fingerprint density at radius 2 is 1.23 bits per heavy atom. The molecule has 0 atom stereocenters. The van der Waals surface area contributed by atoms with E-state index in [9.17, 15) is 0 Å². The van der Waals surface area contributed by atoms with Gasteiger partial charge in [-0.1, -0.05) is 60.7 Å². The van der Waals surface area contributed by atoms with Gasteiger partial charge in [-0.2, -0.15) is 0 Å². The summed E-state index contributed by atoms with van der Waals surface area (Å²) in [6.07, 6.45) is 7.58. The van der Waals surface area contributed by atoms with Gasteiger partial charge in [-0.25, -0.2) is 0 Å². The molecule has 3 heteroatoms. The summed E-state index contributed by atoms with van der Waals surface area (Å²) in [5.41, 5.74) is 2.13. The predicted molar refractivity (Wildman–Crippen MR) is 89.1 cm³/mol. The van der Waals surface area contributed by atoms with Crippen LogP contribution >= 0.6 is 0 Å². The smallest absolute Gasteiger partial charge is 1.00 e. The van der Waals surface area contributed by atoms with Crippen molar-refractivity contribution in [2.45, 2.75) is 32.5 Å². The Hall–Kier alpha value is -0.794. The molecule has 0 radical (unpaired) electrons. The molecule has 0 bridgehead atoms. The maximum Gasteiger partial charge on any atom is 2.00 e. The third kappa shape index (κ3) is 6.14. The van der Waals surface area contributed by atoms with Gasteiger partial charge in [0, 0.05) is 18.6 Å². The Labute approximate surface area is 161 Å². The largest absolute Gasteiger partial charge is 2.00 e. The Kier molecular flexibility index (Phi) is 9.71. The second-order valence-electron chi connectivity index (χ2n) is 5.51. The molecule has 0 saturated carbocycles. The minimum Gasteiger partial charge on any atom is -1.00 e. The van der Waals surface area contributed by atoms with Crippen molar-refractivity contribution in [2.24, 2.45) is 0 Å². The summed E-state index contributed by atoms with van der Waals surface area (Å²) >= 11 is 0. The van der Waals surface area contributed by atoms with Crippen LogP contribution in [0.15, 0.2) is 60.7 Å². The number of hydrogen-bond acceptors (Lipinski definition) is 1. The maximum atomic E-state index is 7.58. The monoisotopic (exact) mass is 365 g/mol. The summed E-state index contributed by atoms with van der Waals surface area (Å²) in [7, 11) is 0. The van der Waals surface area contributed by atoms with Crippen molar-refractivity contribution < 1.29 is 17.0 Å². The summed E-state index contributed by atoms with van der Waals surface area (Å²) in [5, 5.41) is 0. The van der Waals surface area contributed by atoms with E-state index in [1.165, 1.54) is 11.1 Å². The molecule has 0 saturated heterocycles. The number of hydrogen-bond donors (Lipinski definition) is 0. The summed E-state index contributed by atoms with van der Waals surface area (Å²) in [6.45, 7) is 5.70. The van der Waals surface area contributed by atoms with E-state index in [1.54, 1.807) is 0 Å². The van der Waals surface area contributed by atoms with Crippen molar-refractivity contribution in [1.82, 2.24) is 4.90 Å². The average molecular weight is 367 g/mol. The fraction of sp³-hybridized carbons (Fsp3) is 0.263. The van der Waals surface area contributed by atoms with Crippen LogP contribution in [0.5, 0.6) is 0 Å². The van der Waals surface area contributed by atoms with E-state index in [-0.39, 0.29) is 45.6 Å². The standard InChI is InChI=1S/C19H20N.BrH.Mg/c1-4-19(2,3)20(15-17-11-7-5-8-12-17)16-18-13-9-6-10-14-18;;/h5-14H,15-16H2,2-3H3;1H;/q-1;;+2/p-1. The second kappa shape index (κ2) is 10.1. The first-order chi connectivity index (χ1) is 9.62. The zero-order valence-electron chi connectivity index (χ0n) is 13.2. The third-order valence-corrected chi connectivity index (χ3v) is 3.53. The summed E-state index contributed by atoms with van der Waals surface area (Å²) < 4.78 is 0. The van der Waals surface area contributed by atoms with Crippen molar-refractivity contribution in [3.8, 4) is 5.92 Å². The Morgan fingerprint density at radius 1 is 0.864 bits per heavy atom. The van der Waals surface area contributed by atoms with Crippen LogP contribution in [0.1, 0.15) is 25.0 Å². The zero-order valence-corrected chi connectivity index (χ0v) is 16.2. The molecular formula is C19H20BrMgN. The van der Waals surface area contributed by atoms with Gasteiger partial charge in [0.15, 0.2) is 0 Å². The number of rotatable bonds is 5. The molecule has 2 rings (SSSR count). The van der Waals surface area contributed by atoms with Crippen molar-refractivity contribution in [3.63, 3.8) is 0 Å². The molecule has 0 N–H and O–H groups in total. The third-order valence-electron chi connectivity index (χ3n) is 3.53. The van der Waals surface area contributed by atoms with E-state index in [0.717, 1.165) is 13.1 Å². The van der Waals surface area contributed by atoms with Crippen LogP contribution in [0.4, 0.5) is 0 Å². The Balaban J connectivity index is 0.00000220. The second-order valence-corrected chi connectivity index (χ2v) is 5.51. The van der Waals surface area contributed by atoms with Crippen LogP contribution in [0.3, 0.4) is 0 Å². The number of halogens is 1. The molecule has 2 aromatic rings. The van der Waals surface area contributed by atoms with Gasteiger partial charge in [0.2, 0.25) is 0 Å².